The zero-order chi connectivity index (χ0) is 16.0. The minimum atomic E-state index is -1.19. The van der Waals surface area contributed by atoms with E-state index in [0.717, 1.165) is 11.1 Å². The van der Waals surface area contributed by atoms with Crippen LogP contribution in [-0.2, 0) is 19.1 Å². The van der Waals surface area contributed by atoms with E-state index in [1.807, 2.05) is 32.0 Å². The number of esters is 2. The predicted molar refractivity (Wildman–Crippen MR) is 84.4 cm³/mol. The van der Waals surface area contributed by atoms with Crippen LogP contribution in [0.1, 0.15) is 30.5 Å². The fraction of sp³-hybridized carbons (Fsp3) is 0.438. The number of hydrogen-bond acceptors (Lipinski definition) is 5. The molecule has 21 heavy (non-hydrogen) atoms. The molecule has 0 N–H and O–H groups in total. The molecule has 5 heteroatoms. The maximum Gasteiger partial charge on any atom is 0.325 e. The highest BCUT2D eigenvalue weighted by molar-refractivity contribution is 7.81. The Morgan fingerprint density at radius 2 is 1.62 bits per heavy atom. The molecular formula is C16H20O4S. The summed E-state index contributed by atoms with van der Waals surface area (Å²) in [6, 6.07) is 5.66. The van der Waals surface area contributed by atoms with Gasteiger partial charge in [-0.2, -0.15) is 0 Å². The molecule has 0 spiro atoms. The lowest BCUT2D eigenvalue weighted by molar-refractivity contribution is -0.157. The van der Waals surface area contributed by atoms with Crippen LogP contribution in [0.25, 0.3) is 0 Å². The molecule has 114 valence electrons. The van der Waals surface area contributed by atoms with Gasteiger partial charge in [0, 0.05) is 4.86 Å². The molecule has 0 aliphatic rings. The summed E-state index contributed by atoms with van der Waals surface area (Å²) in [5, 5.41) is 0. The first-order valence-electron chi connectivity index (χ1n) is 6.87. The van der Waals surface area contributed by atoms with E-state index in [0.29, 0.717) is 5.56 Å². The summed E-state index contributed by atoms with van der Waals surface area (Å²) in [6.45, 7) is 7.59. The number of aryl methyl sites for hydroxylation is 2. The highest BCUT2D eigenvalue weighted by Crippen LogP contribution is 2.19. The number of hydrogen-bond donors (Lipinski definition) is 0. The van der Waals surface area contributed by atoms with Gasteiger partial charge in [0.15, 0.2) is 5.92 Å². The molecule has 0 aromatic heterocycles. The molecule has 0 saturated carbocycles. The van der Waals surface area contributed by atoms with E-state index in [1.54, 1.807) is 13.8 Å². The van der Waals surface area contributed by atoms with Crippen molar-refractivity contribution in [1.82, 2.24) is 0 Å². The molecule has 0 heterocycles. The van der Waals surface area contributed by atoms with Gasteiger partial charge in [0.1, 0.15) is 0 Å². The van der Waals surface area contributed by atoms with Crippen molar-refractivity contribution in [3.63, 3.8) is 0 Å². The third-order valence-corrected chi connectivity index (χ3v) is 3.41. The summed E-state index contributed by atoms with van der Waals surface area (Å²) in [4.78, 5) is 24.3. The molecule has 0 radical (unpaired) electrons. The van der Waals surface area contributed by atoms with Crippen LogP contribution in [0.5, 0.6) is 0 Å². The largest absolute Gasteiger partial charge is 0.465 e. The topological polar surface area (TPSA) is 52.6 Å². The van der Waals surface area contributed by atoms with E-state index in [1.165, 1.54) is 0 Å². The number of carbonyl (C=O) groups is 2. The zero-order valence-electron chi connectivity index (χ0n) is 12.8. The van der Waals surface area contributed by atoms with Crippen molar-refractivity contribution < 1.29 is 19.1 Å². The molecule has 0 aliphatic heterocycles. The second-order valence-corrected chi connectivity index (χ2v) is 5.06. The minimum absolute atomic E-state index is 0.185. The highest BCUT2D eigenvalue weighted by atomic mass is 32.1. The van der Waals surface area contributed by atoms with Crippen molar-refractivity contribution >= 4 is 29.0 Å². The number of carbonyl (C=O) groups excluding carboxylic acids is 2. The average Bonchev–Trinajstić information content (AvgIpc) is 2.39. The number of thiocarbonyl (C=S) groups is 1. The fourth-order valence-corrected chi connectivity index (χ4v) is 2.43. The van der Waals surface area contributed by atoms with Gasteiger partial charge in [0.2, 0.25) is 0 Å². The molecule has 1 aromatic carbocycles. The van der Waals surface area contributed by atoms with Gasteiger partial charge in [-0.3, -0.25) is 9.59 Å². The Bertz CT molecular complexity index is 533. The van der Waals surface area contributed by atoms with Gasteiger partial charge < -0.3 is 9.47 Å². The maximum atomic E-state index is 12.0. The van der Waals surface area contributed by atoms with Gasteiger partial charge in [-0.25, -0.2) is 0 Å². The Kier molecular flexibility index (Phi) is 6.49. The third kappa shape index (κ3) is 4.36. The summed E-state index contributed by atoms with van der Waals surface area (Å²) in [6.07, 6.45) is 0. The second-order valence-electron chi connectivity index (χ2n) is 4.62. The van der Waals surface area contributed by atoms with Crippen LogP contribution in [0.3, 0.4) is 0 Å². The molecule has 0 unspecified atom stereocenters. The van der Waals surface area contributed by atoms with E-state index in [2.05, 4.69) is 0 Å². The molecule has 0 fully saturated rings. The van der Waals surface area contributed by atoms with Crippen molar-refractivity contribution in [1.29, 1.82) is 0 Å². The molecule has 0 aliphatic carbocycles. The van der Waals surface area contributed by atoms with Gasteiger partial charge in [-0.1, -0.05) is 36.0 Å². The fourth-order valence-electron chi connectivity index (χ4n) is 2.01. The van der Waals surface area contributed by atoms with E-state index >= 15 is 0 Å². The lowest BCUT2D eigenvalue weighted by Crippen LogP contribution is -2.34. The Morgan fingerprint density at radius 1 is 1.10 bits per heavy atom. The predicted octanol–water partition coefficient (Wildman–Crippen LogP) is 2.76. The molecule has 1 aromatic rings. The van der Waals surface area contributed by atoms with Crippen molar-refractivity contribution in [2.75, 3.05) is 13.2 Å². The summed E-state index contributed by atoms with van der Waals surface area (Å²) in [5.74, 6) is -2.52. The van der Waals surface area contributed by atoms with Crippen molar-refractivity contribution in [3.05, 3.63) is 34.9 Å². The van der Waals surface area contributed by atoms with Crippen molar-refractivity contribution in [2.45, 2.75) is 27.7 Å². The molecular weight excluding hydrogens is 288 g/mol. The number of ether oxygens (including phenoxy) is 2. The SMILES string of the molecule is CCOC(=O)C(C(=O)OCC)C(=S)c1ccc(C)cc1C. The second kappa shape index (κ2) is 7.88. The average molecular weight is 308 g/mol. The normalized spacial score (nSPS) is 10.3. The van der Waals surface area contributed by atoms with Gasteiger partial charge in [-0.15, -0.1) is 0 Å². The first-order valence-corrected chi connectivity index (χ1v) is 7.27. The zero-order valence-corrected chi connectivity index (χ0v) is 13.6. The Labute approximate surface area is 130 Å². The van der Waals surface area contributed by atoms with Crippen LogP contribution >= 0.6 is 12.2 Å². The molecule has 0 saturated heterocycles. The quantitative estimate of drug-likeness (QED) is 0.350. The monoisotopic (exact) mass is 308 g/mol. The smallest absolute Gasteiger partial charge is 0.325 e. The molecule has 1 rings (SSSR count). The van der Waals surface area contributed by atoms with E-state index in [-0.39, 0.29) is 18.1 Å². The lowest BCUT2D eigenvalue weighted by Gasteiger charge is -2.17. The van der Waals surface area contributed by atoms with Crippen LogP contribution in [0.15, 0.2) is 18.2 Å². The lowest BCUT2D eigenvalue weighted by atomic mass is 9.94. The van der Waals surface area contributed by atoms with Crippen molar-refractivity contribution in [2.24, 2.45) is 5.92 Å². The van der Waals surface area contributed by atoms with Crippen LogP contribution < -0.4 is 0 Å². The van der Waals surface area contributed by atoms with E-state index in [9.17, 15) is 9.59 Å². The third-order valence-electron chi connectivity index (χ3n) is 2.95. The van der Waals surface area contributed by atoms with E-state index in [4.69, 9.17) is 21.7 Å². The summed E-state index contributed by atoms with van der Waals surface area (Å²) in [7, 11) is 0. The molecule has 0 amide bonds. The summed E-state index contributed by atoms with van der Waals surface area (Å²) >= 11 is 5.35. The standard InChI is InChI=1S/C16H20O4S/c1-5-19-15(17)13(16(18)20-6-2)14(21)12-8-7-10(3)9-11(12)4/h7-9,13H,5-6H2,1-4H3. The van der Waals surface area contributed by atoms with Crippen LogP contribution in [0.4, 0.5) is 0 Å². The van der Waals surface area contributed by atoms with Gasteiger partial charge >= 0.3 is 11.9 Å². The minimum Gasteiger partial charge on any atom is -0.465 e. The van der Waals surface area contributed by atoms with Gasteiger partial charge in [0.25, 0.3) is 0 Å². The number of rotatable bonds is 6. The molecule has 4 nitrogen and oxygen atoms in total. The highest BCUT2D eigenvalue weighted by Gasteiger charge is 2.34. The Hall–Kier alpha value is -1.75. The van der Waals surface area contributed by atoms with Gasteiger partial charge in [0.05, 0.1) is 13.2 Å². The van der Waals surface area contributed by atoms with Gasteiger partial charge in [-0.05, 0) is 38.8 Å². The first-order chi connectivity index (χ1) is 9.92. The molecule has 0 atom stereocenters. The first kappa shape index (κ1) is 17.3. The maximum absolute atomic E-state index is 12.0. The van der Waals surface area contributed by atoms with E-state index < -0.39 is 17.9 Å². The van der Waals surface area contributed by atoms with Crippen LogP contribution in [-0.4, -0.2) is 30.0 Å². The Morgan fingerprint density at radius 3 is 2.05 bits per heavy atom. The van der Waals surface area contributed by atoms with Crippen LogP contribution in [0.2, 0.25) is 0 Å². The van der Waals surface area contributed by atoms with Crippen molar-refractivity contribution in [3.8, 4) is 0 Å². The summed E-state index contributed by atoms with van der Waals surface area (Å²) < 4.78 is 9.90. The molecule has 0 bridgehead atoms. The van der Waals surface area contributed by atoms with Crippen LogP contribution in [0, 0.1) is 19.8 Å². The number of benzene rings is 1. The summed E-state index contributed by atoms with van der Waals surface area (Å²) in [5.41, 5.74) is 2.70. The Balaban J connectivity index is 3.15.